The Morgan fingerprint density at radius 2 is 1.88 bits per heavy atom. The van der Waals surface area contributed by atoms with Crippen molar-refractivity contribution in [2.45, 2.75) is 18.2 Å². The largest absolute Gasteiger partial charge is 0.482 e. The Morgan fingerprint density at radius 3 is 2.62 bits per heavy atom. The summed E-state index contributed by atoms with van der Waals surface area (Å²) in [4.78, 5) is 12.3. The van der Waals surface area contributed by atoms with Crippen LogP contribution in [0, 0.1) is 6.92 Å². The summed E-state index contributed by atoms with van der Waals surface area (Å²) >= 11 is 12.2. The Kier molecular flexibility index (Phi) is 6.33. The first-order valence-electron chi connectivity index (χ1n) is 9.85. The number of aryl methyl sites for hydroxylation is 1. The van der Waals surface area contributed by atoms with Crippen molar-refractivity contribution in [3.63, 3.8) is 0 Å². The van der Waals surface area contributed by atoms with Crippen molar-refractivity contribution in [1.29, 1.82) is 0 Å². The number of para-hydroxylation sites is 1. The van der Waals surface area contributed by atoms with Gasteiger partial charge >= 0.3 is 0 Å². The Balaban J connectivity index is 1.45. The van der Waals surface area contributed by atoms with Gasteiger partial charge in [-0.15, -0.1) is 0 Å². The lowest BCUT2D eigenvalue weighted by Gasteiger charge is -2.20. The molecule has 0 fully saturated rings. The molecule has 1 N–H and O–H groups in total. The van der Waals surface area contributed by atoms with Crippen molar-refractivity contribution >= 4 is 50.5 Å². The number of carbonyl (C=O) groups excluding carboxylic acids is 1. The summed E-state index contributed by atoms with van der Waals surface area (Å²) < 4.78 is 33.2. The molecule has 0 atom stereocenters. The van der Waals surface area contributed by atoms with Gasteiger partial charge in [0.25, 0.3) is 15.9 Å². The number of carbonyl (C=O) groups is 1. The molecule has 3 aromatic carbocycles. The summed E-state index contributed by atoms with van der Waals surface area (Å²) in [6.07, 6.45) is 0.659. The number of ether oxygens (including phenoxy) is 1. The van der Waals surface area contributed by atoms with Gasteiger partial charge in [-0.2, -0.15) is 0 Å². The maximum Gasteiger partial charge on any atom is 0.264 e. The lowest BCUT2D eigenvalue weighted by Crippen LogP contribution is -2.29. The van der Waals surface area contributed by atoms with Gasteiger partial charge in [-0.05, 0) is 66.9 Å². The number of hydrogen-bond donors (Lipinski definition) is 1. The van der Waals surface area contributed by atoms with Gasteiger partial charge in [0.1, 0.15) is 5.75 Å². The van der Waals surface area contributed by atoms with E-state index in [2.05, 4.69) is 5.32 Å². The molecule has 32 heavy (non-hydrogen) atoms. The number of nitrogens with one attached hydrogen (secondary N) is 1. The molecule has 0 saturated heterocycles. The SMILES string of the molecule is Cc1cc(Cl)ccc1NC(=O)COc1ccc(S(=O)(=O)N2CCc3ccccc32)cc1Cl. The van der Waals surface area contributed by atoms with Crippen molar-refractivity contribution in [2.75, 3.05) is 22.8 Å². The van der Waals surface area contributed by atoms with Crippen LogP contribution in [0.25, 0.3) is 0 Å². The summed E-state index contributed by atoms with van der Waals surface area (Å²) in [7, 11) is -3.77. The third-order valence-corrected chi connectivity index (χ3v) is 7.50. The van der Waals surface area contributed by atoms with E-state index in [1.54, 1.807) is 24.3 Å². The predicted octanol–water partition coefficient (Wildman–Crippen LogP) is 5.07. The summed E-state index contributed by atoms with van der Waals surface area (Å²) in [5, 5.41) is 3.43. The molecule has 0 unspecified atom stereocenters. The highest BCUT2D eigenvalue weighted by atomic mass is 35.5. The number of halogens is 2. The van der Waals surface area contributed by atoms with Crippen LogP contribution in [0.5, 0.6) is 5.75 Å². The van der Waals surface area contributed by atoms with E-state index in [9.17, 15) is 13.2 Å². The first-order valence-corrected chi connectivity index (χ1v) is 12.0. The van der Waals surface area contributed by atoms with Crippen LogP contribution < -0.4 is 14.4 Å². The number of amides is 1. The quantitative estimate of drug-likeness (QED) is 0.523. The highest BCUT2D eigenvalue weighted by Gasteiger charge is 2.31. The third kappa shape index (κ3) is 4.55. The molecule has 0 aliphatic carbocycles. The first-order chi connectivity index (χ1) is 15.3. The maximum atomic E-state index is 13.1. The zero-order chi connectivity index (χ0) is 22.9. The lowest BCUT2D eigenvalue weighted by atomic mass is 10.2. The van der Waals surface area contributed by atoms with E-state index in [0.29, 0.717) is 29.4 Å². The predicted molar refractivity (Wildman–Crippen MR) is 126 cm³/mol. The van der Waals surface area contributed by atoms with Crippen LogP contribution in [0.3, 0.4) is 0 Å². The molecule has 0 radical (unpaired) electrons. The highest BCUT2D eigenvalue weighted by Crippen LogP contribution is 2.35. The summed E-state index contributed by atoms with van der Waals surface area (Å²) in [6.45, 7) is 1.92. The summed E-state index contributed by atoms with van der Waals surface area (Å²) in [5.41, 5.74) is 3.12. The Morgan fingerprint density at radius 1 is 1.09 bits per heavy atom. The van der Waals surface area contributed by atoms with E-state index in [1.807, 2.05) is 25.1 Å². The molecule has 3 aromatic rings. The lowest BCUT2D eigenvalue weighted by molar-refractivity contribution is -0.118. The van der Waals surface area contributed by atoms with Crippen LogP contribution >= 0.6 is 23.2 Å². The Hall–Kier alpha value is -2.74. The monoisotopic (exact) mass is 490 g/mol. The molecule has 0 saturated carbocycles. The van der Waals surface area contributed by atoms with Gasteiger partial charge in [0, 0.05) is 17.3 Å². The summed E-state index contributed by atoms with van der Waals surface area (Å²) in [6, 6.07) is 16.8. The van der Waals surface area contributed by atoms with Crippen molar-refractivity contribution < 1.29 is 17.9 Å². The molecule has 1 aliphatic rings. The number of benzene rings is 3. The number of rotatable bonds is 6. The van der Waals surface area contributed by atoms with Gasteiger partial charge in [0.2, 0.25) is 0 Å². The smallest absolute Gasteiger partial charge is 0.264 e. The molecule has 1 amide bonds. The van der Waals surface area contributed by atoms with Gasteiger partial charge in [-0.25, -0.2) is 8.42 Å². The average Bonchev–Trinajstić information content (AvgIpc) is 3.20. The van der Waals surface area contributed by atoms with Crippen LogP contribution in [0.1, 0.15) is 11.1 Å². The summed E-state index contributed by atoms with van der Waals surface area (Å²) in [5.74, 6) is -0.160. The fourth-order valence-corrected chi connectivity index (χ4v) is 5.60. The van der Waals surface area contributed by atoms with Crippen LogP contribution in [0.4, 0.5) is 11.4 Å². The molecule has 1 heterocycles. The number of hydrogen-bond acceptors (Lipinski definition) is 4. The van der Waals surface area contributed by atoms with Gasteiger partial charge in [0.15, 0.2) is 6.61 Å². The topological polar surface area (TPSA) is 75.7 Å². The van der Waals surface area contributed by atoms with Crippen molar-refractivity contribution in [1.82, 2.24) is 0 Å². The second kappa shape index (κ2) is 9.02. The van der Waals surface area contributed by atoms with Crippen molar-refractivity contribution in [3.05, 3.63) is 81.8 Å². The Bertz CT molecular complexity index is 1290. The number of anilines is 2. The molecular formula is C23H20Cl2N2O4S. The van der Waals surface area contributed by atoms with Gasteiger partial charge in [-0.1, -0.05) is 41.4 Å². The average molecular weight is 491 g/mol. The minimum absolute atomic E-state index is 0.0628. The van der Waals surface area contributed by atoms with E-state index in [0.717, 1.165) is 11.1 Å². The van der Waals surface area contributed by atoms with Gasteiger partial charge < -0.3 is 10.1 Å². The van der Waals surface area contributed by atoms with E-state index in [-0.39, 0.29) is 28.2 Å². The van der Waals surface area contributed by atoms with Crippen LogP contribution in [0.2, 0.25) is 10.0 Å². The number of nitrogens with zero attached hydrogens (tertiary/aromatic N) is 1. The third-order valence-electron chi connectivity index (χ3n) is 5.16. The van der Waals surface area contributed by atoms with Crippen LogP contribution in [-0.4, -0.2) is 27.5 Å². The second-order valence-corrected chi connectivity index (χ2v) is 10.1. The first kappa shape index (κ1) is 22.5. The van der Waals surface area contributed by atoms with E-state index in [1.165, 1.54) is 22.5 Å². The molecule has 1 aliphatic heterocycles. The molecule has 6 nitrogen and oxygen atoms in total. The molecule has 4 rings (SSSR count). The molecule has 166 valence electrons. The number of sulfonamides is 1. The van der Waals surface area contributed by atoms with E-state index >= 15 is 0 Å². The fourth-order valence-electron chi connectivity index (χ4n) is 3.54. The molecule has 0 spiro atoms. The molecule has 0 aromatic heterocycles. The molecule has 0 bridgehead atoms. The number of fused-ring (bicyclic) bond motifs is 1. The normalized spacial score (nSPS) is 13.0. The molecular weight excluding hydrogens is 471 g/mol. The Labute approximate surface area is 196 Å². The minimum Gasteiger partial charge on any atom is -0.482 e. The maximum absolute atomic E-state index is 13.1. The van der Waals surface area contributed by atoms with Gasteiger partial charge in [-0.3, -0.25) is 9.10 Å². The minimum atomic E-state index is -3.77. The molecule has 9 heteroatoms. The van der Waals surface area contributed by atoms with Gasteiger partial charge in [0.05, 0.1) is 15.6 Å². The second-order valence-electron chi connectivity index (χ2n) is 7.34. The zero-order valence-corrected chi connectivity index (χ0v) is 19.5. The fraction of sp³-hybridized carbons (Fsp3) is 0.174. The van der Waals surface area contributed by atoms with E-state index in [4.69, 9.17) is 27.9 Å². The highest BCUT2D eigenvalue weighted by molar-refractivity contribution is 7.92. The van der Waals surface area contributed by atoms with Crippen molar-refractivity contribution in [3.8, 4) is 5.75 Å². The van der Waals surface area contributed by atoms with Crippen LogP contribution in [0.15, 0.2) is 65.6 Å². The van der Waals surface area contributed by atoms with E-state index < -0.39 is 10.0 Å². The van der Waals surface area contributed by atoms with Crippen LogP contribution in [-0.2, 0) is 21.2 Å². The standard InChI is InChI=1S/C23H20Cl2N2O4S/c1-15-12-17(24)6-8-20(15)26-23(28)14-31-22-9-7-18(13-19(22)25)32(29,30)27-11-10-16-4-2-3-5-21(16)27/h2-9,12-13H,10-11,14H2,1H3,(H,26,28). The zero-order valence-electron chi connectivity index (χ0n) is 17.1. The van der Waals surface area contributed by atoms with Crippen molar-refractivity contribution in [2.24, 2.45) is 0 Å².